The number of nitrogens with one attached hydrogen (secondary N) is 1. The first-order valence-corrected chi connectivity index (χ1v) is 7.02. The van der Waals surface area contributed by atoms with Gasteiger partial charge in [0.2, 0.25) is 0 Å². The number of benzene rings is 1. The first kappa shape index (κ1) is 14.5. The van der Waals surface area contributed by atoms with Crippen molar-refractivity contribution in [3.05, 3.63) is 56.2 Å². The highest BCUT2D eigenvalue weighted by Crippen LogP contribution is 2.37. The number of hydrazine groups is 1. The van der Waals surface area contributed by atoms with Crippen molar-refractivity contribution in [1.29, 1.82) is 0 Å². The Kier molecular flexibility index (Phi) is 4.29. The Bertz CT molecular complexity index is 555. The molecule has 1 heterocycles. The predicted molar refractivity (Wildman–Crippen MR) is 72.6 cm³/mol. The van der Waals surface area contributed by atoms with Crippen molar-refractivity contribution in [1.82, 2.24) is 5.43 Å². The third-order valence-corrected chi connectivity index (χ3v) is 4.07. The molecule has 0 spiro atoms. The Balaban J connectivity index is 2.45. The molecule has 0 radical (unpaired) electrons. The van der Waals surface area contributed by atoms with Crippen LogP contribution in [-0.4, -0.2) is 0 Å². The van der Waals surface area contributed by atoms with E-state index in [1.54, 1.807) is 6.07 Å². The molecule has 2 aromatic rings. The molecule has 1 aromatic heterocycles. The van der Waals surface area contributed by atoms with Gasteiger partial charge in [-0.25, -0.2) is 5.43 Å². The molecule has 7 heteroatoms. The number of thiophene rings is 1. The van der Waals surface area contributed by atoms with Gasteiger partial charge in [-0.1, -0.05) is 22.0 Å². The van der Waals surface area contributed by atoms with Gasteiger partial charge in [0.25, 0.3) is 0 Å². The maximum absolute atomic E-state index is 12.9. The van der Waals surface area contributed by atoms with Crippen LogP contribution in [-0.2, 0) is 6.18 Å². The largest absolute Gasteiger partial charge is 0.417 e. The van der Waals surface area contributed by atoms with E-state index in [0.717, 1.165) is 11.6 Å². The molecule has 1 unspecified atom stereocenters. The Morgan fingerprint density at radius 2 is 1.95 bits per heavy atom. The zero-order valence-corrected chi connectivity index (χ0v) is 11.9. The summed E-state index contributed by atoms with van der Waals surface area (Å²) in [4.78, 5) is 0. The van der Waals surface area contributed by atoms with Crippen LogP contribution in [0.15, 0.2) is 39.5 Å². The predicted octanol–water partition coefficient (Wildman–Crippen LogP) is 4.08. The van der Waals surface area contributed by atoms with Gasteiger partial charge in [-0.3, -0.25) is 5.84 Å². The number of halogens is 4. The summed E-state index contributed by atoms with van der Waals surface area (Å²) in [5.41, 5.74) is 3.14. The second-order valence-corrected chi connectivity index (χ2v) is 5.53. The quantitative estimate of drug-likeness (QED) is 0.646. The van der Waals surface area contributed by atoms with Crippen molar-refractivity contribution in [2.24, 2.45) is 5.84 Å². The van der Waals surface area contributed by atoms with Gasteiger partial charge >= 0.3 is 6.18 Å². The maximum Gasteiger partial charge on any atom is 0.417 e. The topological polar surface area (TPSA) is 38.0 Å². The first-order chi connectivity index (χ1) is 8.93. The fourth-order valence-electron chi connectivity index (χ4n) is 1.76. The van der Waals surface area contributed by atoms with Gasteiger partial charge in [-0.05, 0) is 40.1 Å². The first-order valence-electron chi connectivity index (χ1n) is 5.28. The SMILES string of the molecule is NNC(c1ccsc1)c1ccc(Br)c(C(F)(F)F)c1. The molecule has 3 N–H and O–H groups in total. The number of hydrogen-bond acceptors (Lipinski definition) is 3. The highest BCUT2D eigenvalue weighted by atomic mass is 79.9. The zero-order chi connectivity index (χ0) is 14.0. The summed E-state index contributed by atoms with van der Waals surface area (Å²) in [6.45, 7) is 0. The number of alkyl halides is 3. The van der Waals surface area contributed by atoms with Crippen LogP contribution in [0, 0.1) is 0 Å². The van der Waals surface area contributed by atoms with E-state index in [1.165, 1.54) is 17.4 Å². The molecular formula is C12H10BrF3N2S. The van der Waals surface area contributed by atoms with E-state index in [9.17, 15) is 13.2 Å². The van der Waals surface area contributed by atoms with Crippen LogP contribution in [0.5, 0.6) is 0 Å². The highest BCUT2D eigenvalue weighted by molar-refractivity contribution is 9.10. The molecule has 0 aliphatic rings. The van der Waals surface area contributed by atoms with Crippen molar-refractivity contribution in [2.45, 2.75) is 12.2 Å². The van der Waals surface area contributed by atoms with E-state index >= 15 is 0 Å². The molecule has 19 heavy (non-hydrogen) atoms. The Morgan fingerprint density at radius 3 is 2.47 bits per heavy atom. The lowest BCUT2D eigenvalue weighted by Gasteiger charge is -2.18. The van der Waals surface area contributed by atoms with Crippen LogP contribution < -0.4 is 11.3 Å². The summed E-state index contributed by atoms with van der Waals surface area (Å²) in [6.07, 6.45) is -4.40. The lowest BCUT2D eigenvalue weighted by atomic mass is 10.00. The van der Waals surface area contributed by atoms with Crippen molar-refractivity contribution in [3.8, 4) is 0 Å². The normalized spacial score (nSPS) is 13.5. The molecule has 2 rings (SSSR count). The fraction of sp³-hybridized carbons (Fsp3) is 0.167. The monoisotopic (exact) mass is 350 g/mol. The van der Waals surface area contributed by atoms with Crippen LogP contribution >= 0.6 is 27.3 Å². The van der Waals surface area contributed by atoms with Gasteiger partial charge in [-0.15, -0.1) is 0 Å². The van der Waals surface area contributed by atoms with Crippen molar-refractivity contribution >= 4 is 27.3 Å². The van der Waals surface area contributed by atoms with E-state index in [4.69, 9.17) is 5.84 Å². The van der Waals surface area contributed by atoms with Gasteiger partial charge in [0.05, 0.1) is 11.6 Å². The Morgan fingerprint density at radius 1 is 1.21 bits per heavy atom. The summed E-state index contributed by atoms with van der Waals surface area (Å²) in [5, 5.41) is 3.70. The number of nitrogens with two attached hydrogens (primary N) is 1. The van der Waals surface area contributed by atoms with Crippen LogP contribution in [0.1, 0.15) is 22.7 Å². The fourth-order valence-corrected chi connectivity index (χ4v) is 2.92. The summed E-state index contributed by atoms with van der Waals surface area (Å²) in [7, 11) is 0. The second kappa shape index (κ2) is 5.62. The summed E-state index contributed by atoms with van der Waals surface area (Å²) >= 11 is 4.38. The summed E-state index contributed by atoms with van der Waals surface area (Å²) in [5.74, 6) is 5.45. The van der Waals surface area contributed by atoms with Crippen LogP contribution in [0.3, 0.4) is 0 Å². The smallest absolute Gasteiger partial charge is 0.271 e. The molecule has 0 amide bonds. The molecule has 2 nitrogen and oxygen atoms in total. The van der Waals surface area contributed by atoms with Gasteiger partial charge in [-0.2, -0.15) is 24.5 Å². The van der Waals surface area contributed by atoms with Crippen molar-refractivity contribution < 1.29 is 13.2 Å². The van der Waals surface area contributed by atoms with E-state index in [-0.39, 0.29) is 4.47 Å². The van der Waals surface area contributed by atoms with Gasteiger partial charge < -0.3 is 0 Å². The minimum atomic E-state index is -4.40. The Labute approximate surface area is 120 Å². The Hall–Kier alpha value is -0.890. The molecular weight excluding hydrogens is 341 g/mol. The summed E-state index contributed by atoms with van der Waals surface area (Å²) < 4.78 is 38.6. The molecule has 0 aliphatic carbocycles. The molecule has 0 aliphatic heterocycles. The lowest BCUT2D eigenvalue weighted by molar-refractivity contribution is -0.138. The number of hydrogen-bond donors (Lipinski definition) is 2. The average Bonchev–Trinajstić information content (AvgIpc) is 2.84. The van der Waals surface area contributed by atoms with E-state index in [0.29, 0.717) is 5.56 Å². The molecule has 102 valence electrons. The molecule has 0 fully saturated rings. The van der Waals surface area contributed by atoms with Crippen molar-refractivity contribution in [2.75, 3.05) is 0 Å². The van der Waals surface area contributed by atoms with Gasteiger partial charge in [0, 0.05) is 4.47 Å². The molecule has 0 bridgehead atoms. The third kappa shape index (κ3) is 3.17. The summed E-state index contributed by atoms with van der Waals surface area (Å²) in [6, 6.07) is 5.47. The average molecular weight is 351 g/mol. The van der Waals surface area contributed by atoms with E-state index in [1.807, 2.05) is 16.8 Å². The third-order valence-electron chi connectivity index (χ3n) is 2.67. The van der Waals surface area contributed by atoms with Gasteiger partial charge in [0.15, 0.2) is 0 Å². The van der Waals surface area contributed by atoms with Gasteiger partial charge in [0.1, 0.15) is 0 Å². The van der Waals surface area contributed by atoms with Crippen LogP contribution in [0.4, 0.5) is 13.2 Å². The maximum atomic E-state index is 12.9. The van der Waals surface area contributed by atoms with Crippen molar-refractivity contribution in [3.63, 3.8) is 0 Å². The second-order valence-electron chi connectivity index (χ2n) is 3.89. The molecule has 0 saturated carbocycles. The van der Waals surface area contributed by atoms with E-state index in [2.05, 4.69) is 21.4 Å². The van der Waals surface area contributed by atoms with Crippen LogP contribution in [0.25, 0.3) is 0 Å². The molecule has 0 saturated heterocycles. The minimum Gasteiger partial charge on any atom is -0.271 e. The highest BCUT2D eigenvalue weighted by Gasteiger charge is 2.33. The zero-order valence-electron chi connectivity index (χ0n) is 9.54. The number of rotatable bonds is 3. The molecule has 1 atom stereocenters. The molecule has 1 aromatic carbocycles. The van der Waals surface area contributed by atoms with E-state index < -0.39 is 17.8 Å². The minimum absolute atomic E-state index is 0.0184. The lowest BCUT2D eigenvalue weighted by Crippen LogP contribution is -2.28. The standard InChI is InChI=1S/C12H10BrF3N2S/c13-10-2-1-7(5-9(10)12(14,15)16)11(18-17)8-3-4-19-6-8/h1-6,11,18H,17H2. The van der Waals surface area contributed by atoms with Crippen LogP contribution in [0.2, 0.25) is 0 Å².